The molecule has 0 unspecified atom stereocenters. The number of nitrogens with one attached hydrogen (secondary N) is 1. The molecule has 0 aromatic heterocycles. The smallest absolute Gasteiger partial charge is 0.241 e. The van der Waals surface area contributed by atoms with Gasteiger partial charge in [-0.1, -0.05) is 72.6 Å². The summed E-state index contributed by atoms with van der Waals surface area (Å²) in [5.74, 6) is 0.875. The van der Waals surface area contributed by atoms with Gasteiger partial charge in [0.05, 0.1) is 18.0 Å². The molecule has 2 atom stereocenters. The molecule has 0 radical (unpaired) electrons. The summed E-state index contributed by atoms with van der Waals surface area (Å²) in [5.41, 5.74) is 3.46. The zero-order chi connectivity index (χ0) is 26.6. The van der Waals surface area contributed by atoms with E-state index in [2.05, 4.69) is 58.4 Å². The van der Waals surface area contributed by atoms with Gasteiger partial charge in [-0.3, -0.25) is 4.99 Å². The Morgan fingerprint density at radius 2 is 1.61 bits per heavy atom. The number of sulfonamides is 1. The van der Waals surface area contributed by atoms with E-state index in [4.69, 9.17) is 9.73 Å². The molecule has 0 saturated heterocycles. The molecule has 0 bridgehead atoms. The highest BCUT2D eigenvalue weighted by molar-refractivity contribution is 7.89. The Labute approximate surface area is 217 Å². The molecule has 7 heteroatoms. The van der Waals surface area contributed by atoms with Crippen molar-refractivity contribution in [2.45, 2.75) is 102 Å². The predicted molar refractivity (Wildman–Crippen MR) is 147 cm³/mol. The summed E-state index contributed by atoms with van der Waals surface area (Å²) in [4.78, 5) is 5.16. The highest BCUT2D eigenvalue weighted by Crippen LogP contribution is 2.36. The Bertz CT molecular complexity index is 1160. The number of benzene rings is 2. The molecule has 0 heterocycles. The van der Waals surface area contributed by atoms with E-state index in [9.17, 15) is 13.5 Å². The molecule has 1 aliphatic rings. The topological polar surface area (TPSA) is 88.0 Å². The van der Waals surface area contributed by atoms with E-state index in [0.717, 1.165) is 36.8 Å². The van der Waals surface area contributed by atoms with Gasteiger partial charge in [0.1, 0.15) is 0 Å². The maximum Gasteiger partial charge on any atom is 0.241 e. The Morgan fingerprint density at radius 3 is 2.17 bits per heavy atom. The Hall–Kier alpha value is -2.38. The van der Waals surface area contributed by atoms with Gasteiger partial charge >= 0.3 is 0 Å². The number of phenols is 1. The zero-order valence-corrected chi connectivity index (χ0v) is 23.5. The molecular weight excluding hydrogens is 472 g/mol. The van der Waals surface area contributed by atoms with E-state index in [1.165, 1.54) is 12.7 Å². The van der Waals surface area contributed by atoms with Gasteiger partial charge in [-0.05, 0) is 59.4 Å². The molecule has 6 nitrogen and oxygen atoms in total. The molecule has 2 N–H and O–H groups in total. The summed E-state index contributed by atoms with van der Waals surface area (Å²) >= 11 is 0. The van der Waals surface area contributed by atoms with E-state index in [1.54, 1.807) is 24.4 Å². The largest absolute Gasteiger partial charge is 0.504 e. The highest BCUT2D eigenvalue weighted by atomic mass is 32.2. The number of hydrogen-bond acceptors (Lipinski definition) is 5. The zero-order valence-electron chi connectivity index (χ0n) is 22.7. The lowest BCUT2D eigenvalue weighted by molar-refractivity contribution is 0.363. The van der Waals surface area contributed by atoms with Crippen LogP contribution >= 0.6 is 0 Å². The van der Waals surface area contributed by atoms with Crippen molar-refractivity contribution in [2.24, 2.45) is 4.99 Å². The number of aliphatic imine (C=N–C) groups is 1. The van der Waals surface area contributed by atoms with Gasteiger partial charge in [-0.15, -0.1) is 0 Å². The van der Waals surface area contributed by atoms with Gasteiger partial charge in [0.2, 0.25) is 10.0 Å². The molecule has 3 rings (SSSR count). The Morgan fingerprint density at radius 1 is 1.00 bits per heavy atom. The number of nitrogens with zero attached hydrogens (tertiary/aromatic N) is 1. The number of para-hydroxylation sites is 1. The second-order valence-electron chi connectivity index (χ2n) is 10.7. The van der Waals surface area contributed by atoms with E-state index < -0.39 is 10.0 Å². The minimum atomic E-state index is -3.78. The SMILES string of the molecule is COc1cccc(C=N[C@H]2CCCC[C@@H]2NS(=O)(=O)c2c(C(C)C)cc(C(C)C)cc2C(C)C)c1O. The molecule has 1 saturated carbocycles. The lowest BCUT2D eigenvalue weighted by Crippen LogP contribution is -2.44. The van der Waals surface area contributed by atoms with E-state index in [1.807, 2.05) is 0 Å². The van der Waals surface area contributed by atoms with Crippen LogP contribution in [0.15, 0.2) is 40.2 Å². The summed E-state index contributed by atoms with van der Waals surface area (Å²) in [7, 11) is -2.28. The average molecular weight is 515 g/mol. The van der Waals surface area contributed by atoms with E-state index in [0.29, 0.717) is 22.1 Å². The maximum atomic E-state index is 14.0. The van der Waals surface area contributed by atoms with Crippen molar-refractivity contribution in [2.75, 3.05) is 7.11 Å². The quantitative estimate of drug-likeness (QED) is 0.375. The first-order valence-electron chi connectivity index (χ1n) is 13.0. The molecule has 0 amide bonds. The van der Waals surface area contributed by atoms with Crippen molar-refractivity contribution in [3.8, 4) is 11.5 Å². The summed E-state index contributed by atoms with van der Waals surface area (Å²) < 4.78 is 36.2. The summed E-state index contributed by atoms with van der Waals surface area (Å²) in [6, 6.07) is 8.87. The summed E-state index contributed by atoms with van der Waals surface area (Å²) in [6.45, 7) is 12.5. The standard InChI is InChI=1S/C29H42N2O4S/c1-18(2)22-15-23(19(3)4)29(24(16-22)20(5)6)36(33,34)31-26-13-9-8-12-25(26)30-17-21-11-10-14-27(35-7)28(21)32/h10-11,14-20,25-26,31-32H,8-9,12-13H2,1-7H3/t25-,26-/m0/s1. The van der Waals surface area contributed by atoms with Crippen LogP contribution in [0.5, 0.6) is 11.5 Å². The van der Waals surface area contributed by atoms with Crippen molar-refractivity contribution in [1.82, 2.24) is 4.72 Å². The predicted octanol–water partition coefficient (Wildman–Crippen LogP) is 6.48. The molecule has 2 aromatic rings. The monoisotopic (exact) mass is 514 g/mol. The third-order valence-electron chi connectivity index (χ3n) is 7.04. The van der Waals surface area contributed by atoms with Gasteiger partial charge in [0.25, 0.3) is 0 Å². The lowest BCUT2D eigenvalue weighted by atomic mass is 9.89. The minimum absolute atomic E-state index is 0.0325. The molecule has 0 aliphatic heterocycles. The third-order valence-corrected chi connectivity index (χ3v) is 8.66. The fraction of sp³-hybridized carbons (Fsp3) is 0.552. The molecule has 1 fully saturated rings. The van der Waals surface area contributed by atoms with Gasteiger partial charge in [-0.25, -0.2) is 13.1 Å². The van der Waals surface area contributed by atoms with Gasteiger partial charge in [-0.2, -0.15) is 0 Å². The van der Waals surface area contributed by atoms with Gasteiger partial charge < -0.3 is 9.84 Å². The third kappa shape index (κ3) is 6.30. The van der Waals surface area contributed by atoms with Crippen LogP contribution in [0.3, 0.4) is 0 Å². The Balaban J connectivity index is 1.98. The second kappa shape index (κ2) is 11.8. The van der Waals surface area contributed by atoms with Crippen LogP contribution in [-0.4, -0.2) is 38.9 Å². The second-order valence-corrected chi connectivity index (χ2v) is 12.4. The van der Waals surface area contributed by atoms with Crippen molar-refractivity contribution >= 4 is 16.2 Å². The molecular formula is C29H42N2O4S. The van der Waals surface area contributed by atoms with Crippen LogP contribution in [0.2, 0.25) is 0 Å². The van der Waals surface area contributed by atoms with Crippen LogP contribution in [0, 0.1) is 0 Å². The molecule has 2 aromatic carbocycles. The first kappa shape index (κ1) is 28.2. The summed E-state index contributed by atoms with van der Waals surface area (Å²) in [6.07, 6.45) is 5.08. The van der Waals surface area contributed by atoms with Crippen molar-refractivity contribution in [3.63, 3.8) is 0 Å². The number of hydrogen-bond donors (Lipinski definition) is 2. The first-order chi connectivity index (χ1) is 17.0. The Kier molecular flexibility index (Phi) is 9.23. The van der Waals surface area contributed by atoms with Crippen LogP contribution in [0.4, 0.5) is 0 Å². The van der Waals surface area contributed by atoms with Crippen LogP contribution in [0.1, 0.15) is 107 Å². The number of phenolic OH excluding ortho intramolecular Hbond substituents is 1. The highest BCUT2D eigenvalue weighted by Gasteiger charge is 2.33. The number of ether oxygens (including phenoxy) is 1. The van der Waals surface area contributed by atoms with Crippen LogP contribution in [0.25, 0.3) is 0 Å². The van der Waals surface area contributed by atoms with E-state index >= 15 is 0 Å². The maximum absolute atomic E-state index is 14.0. The van der Waals surface area contributed by atoms with Gasteiger partial charge in [0, 0.05) is 17.8 Å². The fourth-order valence-electron chi connectivity index (χ4n) is 4.87. The molecule has 1 aliphatic carbocycles. The van der Waals surface area contributed by atoms with Crippen molar-refractivity contribution < 1.29 is 18.3 Å². The lowest BCUT2D eigenvalue weighted by Gasteiger charge is -2.31. The molecule has 198 valence electrons. The van der Waals surface area contributed by atoms with Crippen molar-refractivity contribution in [3.05, 3.63) is 52.6 Å². The van der Waals surface area contributed by atoms with E-state index in [-0.39, 0.29) is 29.7 Å². The number of rotatable bonds is 9. The van der Waals surface area contributed by atoms with Gasteiger partial charge in [0.15, 0.2) is 11.5 Å². The fourth-order valence-corrected chi connectivity index (χ4v) is 6.87. The first-order valence-corrected chi connectivity index (χ1v) is 14.5. The van der Waals surface area contributed by atoms with Crippen molar-refractivity contribution in [1.29, 1.82) is 0 Å². The number of methoxy groups -OCH3 is 1. The molecule has 36 heavy (non-hydrogen) atoms. The minimum Gasteiger partial charge on any atom is -0.504 e. The normalized spacial score (nSPS) is 19.1. The average Bonchev–Trinajstić information content (AvgIpc) is 2.83. The number of aromatic hydroxyl groups is 1. The van der Waals surface area contributed by atoms with Crippen LogP contribution < -0.4 is 9.46 Å². The summed E-state index contributed by atoms with van der Waals surface area (Å²) in [5, 5.41) is 10.4. The molecule has 0 spiro atoms. The van der Waals surface area contributed by atoms with Crippen LogP contribution in [-0.2, 0) is 10.0 Å².